The van der Waals surface area contributed by atoms with E-state index in [1.807, 2.05) is 0 Å². The third-order valence-electron chi connectivity index (χ3n) is 15.8. The van der Waals surface area contributed by atoms with Gasteiger partial charge in [0.1, 0.15) is 0 Å². The summed E-state index contributed by atoms with van der Waals surface area (Å²) >= 11 is 3.50. The lowest BCUT2D eigenvalue weighted by Crippen LogP contribution is -2.20. The number of aromatic amines is 4. The number of rotatable bonds is 14. The lowest BCUT2D eigenvalue weighted by Gasteiger charge is -2.15. The van der Waals surface area contributed by atoms with Gasteiger partial charge in [-0.1, -0.05) is 136 Å². The van der Waals surface area contributed by atoms with E-state index in [0.29, 0.717) is 0 Å². The third-order valence-corrected chi connectivity index (χ3v) is 17.6. The van der Waals surface area contributed by atoms with Crippen LogP contribution in [0.15, 0.2) is 144 Å². The number of hydrogen-bond donors (Lipinski definition) is 4. The molecule has 0 unspecified atom stereocenters. The fourth-order valence-corrected chi connectivity index (χ4v) is 13.7. The van der Waals surface area contributed by atoms with E-state index in [9.17, 15) is 0 Å². The molecule has 0 radical (unpaired) electrons. The van der Waals surface area contributed by atoms with Crippen LogP contribution in [0.25, 0.3) is 22.3 Å². The number of nitrogens with one attached hydrogen (secondary N) is 4. The maximum Gasteiger partial charge on any atom is 0.0804 e. The van der Waals surface area contributed by atoms with Gasteiger partial charge in [-0.25, -0.2) is 0 Å². The van der Waals surface area contributed by atoms with Crippen LogP contribution in [-0.2, 0) is 12.8 Å². The molecule has 80 heavy (non-hydrogen) atoms. The molecule has 0 aliphatic carbocycles. The van der Waals surface area contributed by atoms with E-state index in [0.717, 1.165) is 102 Å². The first kappa shape index (κ1) is 54.0. The van der Waals surface area contributed by atoms with Gasteiger partial charge in [0.05, 0.1) is 9.75 Å². The molecule has 6 aromatic heterocycles. The molecule has 1 aliphatic rings. The normalized spacial score (nSPS) is 12.2. The van der Waals surface area contributed by atoms with E-state index >= 15 is 0 Å². The Morgan fingerprint density at radius 3 is 1.06 bits per heavy atom. The molecule has 10 aromatic rings. The van der Waals surface area contributed by atoms with E-state index in [1.165, 1.54) is 117 Å². The predicted molar refractivity (Wildman–Crippen MR) is 339 cm³/mol. The van der Waals surface area contributed by atoms with E-state index in [1.54, 1.807) is 22.7 Å². The Balaban J connectivity index is 1.10. The first-order valence-corrected chi connectivity index (χ1v) is 30.6. The predicted octanol–water partition coefficient (Wildman–Crippen LogP) is 15.3. The standard InChI is InChI=1S/C74H72N4S2/c1-9-11-13-15-17-55-39-41-79-67(55)37-23-53-19-25-57(26-20-53)71-59-29-33-63(75-59)73(69-49(5)43-47(3)44-50(69)6)65-35-31-61(77-65)72(58-27-21-54(22-28-58)24-38-68-56(40-42-80-68)18-16-14-12-10-2)62-32-36-66(78-62)74(64-34-30-60(71)76-64)70-51(7)45-48(4)46-52(70)8/h19-22,25-36,39-46,75-78H,9-18H2,1-8H3. The summed E-state index contributed by atoms with van der Waals surface area (Å²) in [4.78, 5) is 18.5. The lowest BCUT2D eigenvalue weighted by atomic mass is 9.92. The van der Waals surface area contributed by atoms with Gasteiger partial charge < -0.3 is 19.9 Å². The zero-order chi connectivity index (χ0) is 55.3. The van der Waals surface area contributed by atoms with Crippen molar-refractivity contribution in [3.05, 3.63) is 276 Å². The molecule has 0 fully saturated rings. The Labute approximate surface area is 481 Å². The molecule has 4 N–H and O–H groups in total. The van der Waals surface area contributed by atoms with Crippen molar-refractivity contribution in [1.29, 1.82) is 0 Å². The topological polar surface area (TPSA) is 63.2 Å². The van der Waals surface area contributed by atoms with Crippen molar-refractivity contribution in [2.45, 2.75) is 120 Å². The number of hydrogen-bond acceptors (Lipinski definition) is 2. The molecule has 7 heterocycles. The van der Waals surface area contributed by atoms with Crippen LogP contribution in [0, 0.1) is 65.2 Å². The Morgan fingerprint density at radius 1 is 0.350 bits per heavy atom. The minimum absolute atomic E-state index is 0.996. The number of benzene rings is 4. The molecule has 4 nitrogen and oxygen atoms in total. The second-order valence-electron chi connectivity index (χ2n) is 22.0. The average Bonchev–Trinajstić information content (AvgIpc) is 4.41. The quantitative estimate of drug-likeness (QED) is 0.0620. The second kappa shape index (κ2) is 24.2. The molecule has 4 aromatic carbocycles. The molecular formula is C74H72N4S2. The van der Waals surface area contributed by atoms with Gasteiger partial charge in [0.25, 0.3) is 0 Å². The molecular weight excluding hydrogens is 1010 g/mol. The van der Waals surface area contributed by atoms with Crippen molar-refractivity contribution in [2.24, 2.45) is 0 Å². The molecule has 0 amide bonds. The Bertz CT molecular complexity index is 3960. The second-order valence-corrected chi connectivity index (χ2v) is 23.8. The molecule has 11 rings (SSSR count). The van der Waals surface area contributed by atoms with Crippen LogP contribution in [0.4, 0.5) is 0 Å². The summed E-state index contributed by atoms with van der Waals surface area (Å²) in [5, 5.41) is 8.47. The molecule has 8 bridgehead atoms. The lowest BCUT2D eigenvalue weighted by molar-refractivity contribution is 0.667. The summed E-state index contributed by atoms with van der Waals surface area (Å²) in [7, 11) is 0. The van der Waals surface area contributed by atoms with Gasteiger partial charge in [-0.05, 0) is 219 Å². The van der Waals surface area contributed by atoms with Gasteiger partial charge >= 0.3 is 0 Å². The van der Waals surface area contributed by atoms with Crippen LogP contribution in [0.1, 0.15) is 176 Å². The molecule has 6 heteroatoms. The van der Waals surface area contributed by atoms with Crippen molar-refractivity contribution in [1.82, 2.24) is 19.9 Å². The first-order valence-electron chi connectivity index (χ1n) is 28.8. The Morgan fingerprint density at radius 2 is 0.700 bits per heavy atom. The van der Waals surface area contributed by atoms with Gasteiger partial charge in [-0.2, -0.15) is 0 Å². The minimum Gasteiger partial charge on any atom is -0.354 e. The van der Waals surface area contributed by atoms with Gasteiger partial charge in [0, 0.05) is 77.6 Å². The number of unbranched alkanes of at least 4 members (excludes halogenated alkanes) is 6. The summed E-state index contributed by atoms with van der Waals surface area (Å²) < 4.78 is 0. The minimum atomic E-state index is 0.996. The zero-order valence-electron chi connectivity index (χ0n) is 47.7. The molecule has 0 saturated carbocycles. The fourth-order valence-electron chi connectivity index (χ4n) is 12.1. The van der Waals surface area contributed by atoms with Crippen molar-refractivity contribution < 1.29 is 0 Å². The maximum absolute atomic E-state index is 4.03. The number of H-pyrrole nitrogens is 4. The van der Waals surface area contributed by atoms with Gasteiger partial charge in [0.15, 0.2) is 0 Å². The number of thiophene rings is 2. The molecule has 400 valence electrons. The summed E-state index contributed by atoms with van der Waals surface area (Å²) in [6, 6.07) is 49.4. The molecule has 1 aliphatic heterocycles. The van der Waals surface area contributed by atoms with Gasteiger partial charge in [-0.3, -0.25) is 0 Å². The Hall–Kier alpha value is -8.00. The molecule has 0 atom stereocenters. The van der Waals surface area contributed by atoms with Crippen LogP contribution in [0.2, 0.25) is 0 Å². The van der Waals surface area contributed by atoms with E-state index in [4.69, 9.17) is 0 Å². The van der Waals surface area contributed by atoms with Crippen LogP contribution in [-0.4, -0.2) is 19.9 Å². The van der Waals surface area contributed by atoms with Crippen molar-refractivity contribution in [2.75, 3.05) is 0 Å². The molecule has 0 spiro atoms. The summed E-state index contributed by atoms with van der Waals surface area (Å²) in [5.74, 6) is 14.2. The maximum atomic E-state index is 4.03. The van der Waals surface area contributed by atoms with E-state index in [2.05, 4.69) is 243 Å². The zero-order valence-corrected chi connectivity index (χ0v) is 49.4. The summed E-state index contributed by atoms with van der Waals surface area (Å²) in [6.07, 6.45) is 12.2. The van der Waals surface area contributed by atoms with Crippen LogP contribution in [0.5, 0.6) is 0 Å². The highest BCUT2D eigenvalue weighted by molar-refractivity contribution is 7.11. The number of aromatic nitrogens is 4. The van der Waals surface area contributed by atoms with Gasteiger partial charge in [-0.15, -0.1) is 22.7 Å². The van der Waals surface area contributed by atoms with E-state index in [-0.39, 0.29) is 0 Å². The smallest absolute Gasteiger partial charge is 0.0804 e. The SMILES string of the molecule is CCCCCCc1ccsc1C#Cc1ccc(C2=c3ccc([nH]3)=C(c3c(C)cc(C)cc3C)c3ccc([nH]3)C(c3ccc(C#Cc4sccc4CCCCCC)cc3)=c3ccc([nH]3)=C(c3c(C)cc(C)cc3C)c3ccc2[nH]3)cc1. The van der Waals surface area contributed by atoms with Crippen LogP contribution in [0.3, 0.4) is 0 Å². The third kappa shape index (κ3) is 11.5. The summed E-state index contributed by atoms with van der Waals surface area (Å²) in [5.41, 5.74) is 25.2. The van der Waals surface area contributed by atoms with Crippen LogP contribution >= 0.6 is 22.7 Å². The van der Waals surface area contributed by atoms with Crippen molar-refractivity contribution >= 4 is 45.0 Å². The number of aryl methyl sites for hydroxylation is 8. The van der Waals surface area contributed by atoms with Crippen LogP contribution < -0.4 is 21.4 Å². The summed E-state index contributed by atoms with van der Waals surface area (Å²) in [6.45, 7) is 17.9. The monoisotopic (exact) mass is 1080 g/mol. The molecule has 0 saturated heterocycles. The average molecular weight is 1080 g/mol. The largest absolute Gasteiger partial charge is 0.354 e. The van der Waals surface area contributed by atoms with E-state index < -0.39 is 0 Å². The highest BCUT2D eigenvalue weighted by Gasteiger charge is 2.22. The van der Waals surface area contributed by atoms with Crippen molar-refractivity contribution in [3.8, 4) is 23.7 Å². The number of fused-ring (bicyclic) bond motifs is 8. The van der Waals surface area contributed by atoms with Crippen molar-refractivity contribution in [3.63, 3.8) is 0 Å². The fraction of sp³-hybridized carbons (Fsp3) is 0.243. The Kier molecular flexibility index (Phi) is 16.3. The van der Waals surface area contributed by atoms with Gasteiger partial charge in [0.2, 0.25) is 0 Å². The first-order chi connectivity index (χ1) is 39.0. The highest BCUT2D eigenvalue weighted by Crippen LogP contribution is 2.33. The highest BCUT2D eigenvalue weighted by atomic mass is 32.1.